The number of rotatable bonds is 6. The van der Waals surface area contributed by atoms with Crippen LogP contribution in [0.15, 0.2) is 74.3 Å². The molecule has 2 N–H and O–H groups in total. The van der Waals surface area contributed by atoms with E-state index in [4.69, 9.17) is 0 Å². The van der Waals surface area contributed by atoms with Crippen molar-refractivity contribution >= 4 is 35.1 Å². The molecule has 2 aromatic carbocycles. The summed E-state index contributed by atoms with van der Waals surface area (Å²) in [6.07, 6.45) is 3.72. The second-order valence-electron chi connectivity index (χ2n) is 6.75. The molecule has 1 aromatic heterocycles. The number of benzene rings is 2. The number of nitrogens with one attached hydrogen (secondary N) is 2. The smallest absolute Gasteiger partial charge is 0.254 e. The van der Waals surface area contributed by atoms with Gasteiger partial charge >= 0.3 is 0 Å². The summed E-state index contributed by atoms with van der Waals surface area (Å²) in [7, 11) is 0. The van der Waals surface area contributed by atoms with Crippen LogP contribution in [-0.2, 0) is 17.6 Å². The van der Waals surface area contributed by atoms with Crippen LogP contribution in [0.2, 0.25) is 0 Å². The van der Waals surface area contributed by atoms with Crippen molar-refractivity contribution in [3.8, 4) is 0 Å². The zero-order valence-corrected chi connectivity index (χ0v) is 17.4. The minimum absolute atomic E-state index is 0.0674. The average molecular weight is 424 g/mol. The van der Waals surface area contributed by atoms with Gasteiger partial charge in [-0.25, -0.2) is 4.98 Å². The van der Waals surface area contributed by atoms with Gasteiger partial charge in [0.05, 0.1) is 17.1 Å². The summed E-state index contributed by atoms with van der Waals surface area (Å²) >= 11 is 2.87. The minimum Gasteiger partial charge on any atom is -0.324 e. The molecule has 0 saturated heterocycles. The lowest BCUT2D eigenvalue weighted by molar-refractivity contribution is -0.113. The van der Waals surface area contributed by atoms with Crippen molar-refractivity contribution in [1.82, 2.24) is 9.97 Å². The van der Waals surface area contributed by atoms with Crippen LogP contribution < -0.4 is 10.9 Å². The Morgan fingerprint density at radius 3 is 2.66 bits per heavy atom. The van der Waals surface area contributed by atoms with Crippen LogP contribution in [0.25, 0.3) is 0 Å². The lowest BCUT2D eigenvalue weighted by atomic mass is 9.97. The molecule has 3 aromatic rings. The fourth-order valence-electron chi connectivity index (χ4n) is 3.24. The number of carbonyl (C=O) groups excluding carboxylic acids is 1. The number of thioether (sulfide) groups is 1. The summed E-state index contributed by atoms with van der Waals surface area (Å²) in [5.74, 6) is 0.0583. The largest absolute Gasteiger partial charge is 0.324 e. The molecule has 5 nitrogen and oxygen atoms in total. The Kier molecular flexibility index (Phi) is 6.36. The number of hydrogen-bond acceptors (Lipinski definition) is 5. The van der Waals surface area contributed by atoms with E-state index in [2.05, 4.69) is 15.3 Å². The van der Waals surface area contributed by atoms with Gasteiger partial charge in [-0.3, -0.25) is 9.59 Å². The normalized spacial score (nSPS) is 13.0. The zero-order chi connectivity index (χ0) is 20.1. The molecule has 0 spiro atoms. The molecule has 7 heteroatoms. The fraction of sp³-hybridized carbons (Fsp3) is 0.227. The zero-order valence-electron chi connectivity index (χ0n) is 15.8. The highest BCUT2D eigenvalue weighted by Gasteiger charge is 2.16. The van der Waals surface area contributed by atoms with Gasteiger partial charge in [0.15, 0.2) is 5.16 Å². The van der Waals surface area contributed by atoms with Gasteiger partial charge < -0.3 is 10.3 Å². The van der Waals surface area contributed by atoms with E-state index in [0.29, 0.717) is 5.16 Å². The highest BCUT2D eigenvalue weighted by molar-refractivity contribution is 8.00. The van der Waals surface area contributed by atoms with Crippen LogP contribution >= 0.6 is 23.5 Å². The maximum atomic E-state index is 12.5. The first-order valence-electron chi connectivity index (χ1n) is 9.56. The molecular formula is C22H21N3O2S2. The van der Waals surface area contributed by atoms with Crippen molar-refractivity contribution in [3.05, 3.63) is 76.2 Å². The predicted molar refractivity (Wildman–Crippen MR) is 118 cm³/mol. The van der Waals surface area contributed by atoms with Gasteiger partial charge in [0.25, 0.3) is 5.56 Å². The molecule has 1 amide bonds. The number of nitrogens with zero attached hydrogens (tertiary/aromatic N) is 1. The van der Waals surface area contributed by atoms with Crippen LogP contribution in [0.4, 0.5) is 5.69 Å². The van der Waals surface area contributed by atoms with Crippen LogP contribution in [-0.4, -0.2) is 21.6 Å². The maximum absolute atomic E-state index is 12.5. The number of H-pyrrole nitrogens is 1. The SMILES string of the molecule is O=C(CSc1nc2c(c(=O)[nH]1)CCCC2)Nc1ccccc1Sc1ccccc1. The second kappa shape index (κ2) is 9.33. The number of amides is 1. The first kappa shape index (κ1) is 19.8. The van der Waals surface area contributed by atoms with E-state index in [1.165, 1.54) is 11.8 Å². The third-order valence-electron chi connectivity index (χ3n) is 4.64. The molecule has 0 radical (unpaired) electrons. The van der Waals surface area contributed by atoms with E-state index >= 15 is 0 Å². The van der Waals surface area contributed by atoms with Gasteiger partial charge in [0.1, 0.15) is 0 Å². The van der Waals surface area contributed by atoms with E-state index in [1.54, 1.807) is 11.8 Å². The molecule has 0 fully saturated rings. The molecule has 1 heterocycles. The first-order chi connectivity index (χ1) is 14.2. The Morgan fingerprint density at radius 1 is 1.03 bits per heavy atom. The molecule has 0 aliphatic heterocycles. The third-order valence-corrected chi connectivity index (χ3v) is 6.60. The summed E-state index contributed by atoms with van der Waals surface area (Å²) in [6, 6.07) is 17.8. The summed E-state index contributed by atoms with van der Waals surface area (Å²) in [5.41, 5.74) is 2.39. The first-order valence-corrected chi connectivity index (χ1v) is 11.4. The van der Waals surface area contributed by atoms with Crippen molar-refractivity contribution in [1.29, 1.82) is 0 Å². The summed E-state index contributed by atoms with van der Waals surface area (Å²) in [5, 5.41) is 3.49. The van der Waals surface area contributed by atoms with Gasteiger partial charge in [0.2, 0.25) is 5.91 Å². The Hall–Kier alpha value is -2.51. The van der Waals surface area contributed by atoms with Crippen LogP contribution in [0.3, 0.4) is 0 Å². The topological polar surface area (TPSA) is 74.8 Å². The molecular weight excluding hydrogens is 402 g/mol. The number of carbonyl (C=O) groups is 1. The van der Waals surface area contributed by atoms with Crippen LogP contribution in [0, 0.1) is 0 Å². The van der Waals surface area contributed by atoms with E-state index in [0.717, 1.165) is 52.4 Å². The average Bonchev–Trinajstić information content (AvgIpc) is 2.74. The number of hydrogen-bond donors (Lipinski definition) is 2. The number of fused-ring (bicyclic) bond motifs is 1. The van der Waals surface area contributed by atoms with Gasteiger partial charge in [0, 0.05) is 15.4 Å². The third kappa shape index (κ3) is 5.10. The van der Waals surface area contributed by atoms with Crippen molar-refractivity contribution in [2.75, 3.05) is 11.1 Å². The summed E-state index contributed by atoms with van der Waals surface area (Å²) in [4.78, 5) is 34.2. The molecule has 0 bridgehead atoms. The predicted octanol–water partition coefficient (Wildman–Crippen LogP) is 4.53. The number of anilines is 1. The Balaban J connectivity index is 1.41. The van der Waals surface area contributed by atoms with Gasteiger partial charge in [-0.15, -0.1) is 0 Å². The molecule has 0 unspecified atom stereocenters. The van der Waals surface area contributed by atoms with Gasteiger partial charge in [-0.05, 0) is 49.9 Å². The van der Waals surface area contributed by atoms with Crippen molar-refractivity contribution < 1.29 is 4.79 Å². The fourth-order valence-corrected chi connectivity index (χ4v) is 4.85. The van der Waals surface area contributed by atoms with Crippen molar-refractivity contribution in [2.24, 2.45) is 0 Å². The van der Waals surface area contributed by atoms with Crippen LogP contribution in [0.5, 0.6) is 0 Å². The molecule has 0 saturated carbocycles. The summed E-state index contributed by atoms with van der Waals surface area (Å²) in [6.45, 7) is 0. The highest BCUT2D eigenvalue weighted by Crippen LogP contribution is 2.33. The minimum atomic E-state index is -0.128. The van der Waals surface area contributed by atoms with Crippen LogP contribution in [0.1, 0.15) is 24.1 Å². The Bertz CT molecular complexity index is 1070. The molecule has 0 atom stereocenters. The van der Waals surface area contributed by atoms with Gasteiger partial charge in [-0.2, -0.15) is 0 Å². The molecule has 1 aliphatic rings. The highest BCUT2D eigenvalue weighted by atomic mass is 32.2. The Morgan fingerprint density at radius 2 is 1.79 bits per heavy atom. The van der Waals surface area contributed by atoms with Crippen molar-refractivity contribution in [2.45, 2.75) is 40.6 Å². The van der Waals surface area contributed by atoms with Gasteiger partial charge in [-0.1, -0.05) is 53.9 Å². The lowest BCUT2D eigenvalue weighted by Crippen LogP contribution is -2.22. The van der Waals surface area contributed by atoms with Crippen molar-refractivity contribution in [3.63, 3.8) is 0 Å². The molecule has 4 rings (SSSR count). The monoisotopic (exact) mass is 423 g/mol. The number of aromatic nitrogens is 2. The molecule has 148 valence electrons. The molecule has 1 aliphatic carbocycles. The van der Waals surface area contributed by atoms with E-state index in [-0.39, 0.29) is 17.2 Å². The second-order valence-corrected chi connectivity index (χ2v) is 8.83. The standard InChI is InChI=1S/C22H21N3O2S2/c26-20(14-28-22-24-17-11-5-4-10-16(17)21(27)25-22)23-18-12-6-7-13-19(18)29-15-8-2-1-3-9-15/h1-3,6-9,12-13H,4-5,10-11,14H2,(H,23,26)(H,24,25,27). The number of aromatic amines is 1. The number of aryl methyl sites for hydroxylation is 1. The molecule has 29 heavy (non-hydrogen) atoms. The quantitative estimate of drug-likeness (QED) is 0.450. The summed E-state index contributed by atoms with van der Waals surface area (Å²) < 4.78 is 0. The van der Waals surface area contributed by atoms with E-state index in [9.17, 15) is 9.59 Å². The number of para-hydroxylation sites is 1. The Labute approximate surface area is 177 Å². The van der Waals surface area contributed by atoms with E-state index < -0.39 is 0 Å². The maximum Gasteiger partial charge on any atom is 0.254 e. The van der Waals surface area contributed by atoms with E-state index in [1.807, 2.05) is 54.6 Å². The lowest BCUT2D eigenvalue weighted by Gasteiger charge is -2.14.